The van der Waals surface area contributed by atoms with Crippen molar-refractivity contribution in [2.45, 2.75) is 13.8 Å². The van der Waals surface area contributed by atoms with Crippen LogP contribution in [-0.2, 0) is 32.7 Å². The van der Waals surface area contributed by atoms with Gasteiger partial charge >= 0.3 is 0 Å². The summed E-state index contributed by atoms with van der Waals surface area (Å²) in [5.74, 6) is 0. The molecule has 0 saturated heterocycles. The van der Waals surface area contributed by atoms with Gasteiger partial charge in [0.25, 0.3) is 0 Å². The molecule has 3 rings (SSSR count). The Hall–Kier alpha value is -0.976. The van der Waals surface area contributed by atoms with E-state index in [0.29, 0.717) is 0 Å². The molecule has 0 aliphatic rings. The molecule has 1 radical (unpaired) electrons. The number of fused-ring (bicyclic) bond motifs is 1. The van der Waals surface area contributed by atoms with Crippen molar-refractivity contribution >= 4 is 10.8 Å². The van der Waals surface area contributed by atoms with Crippen LogP contribution < -0.4 is 0 Å². The second-order valence-corrected chi connectivity index (χ2v) is 4.69. The fourth-order valence-electron chi connectivity index (χ4n) is 2.28. The van der Waals surface area contributed by atoms with E-state index < -0.39 is 0 Å². The standard InChI is InChI=1S/C18H14.Y/c1-13-6-5-9-17(10-13)18-12-16-8-4-3-7-15(16)11-14(18)2;/h3-8,10-11H,1-2H3;/q-2;. The smallest absolute Gasteiger partial charge is 0 e. The minimum atomic E-state index is 0. The SMILES string of the molecule is Cc1cc[c-]c(-c2[c-]c3ccccc3cc2C)c1.[Y]. The van der Waals surface area contributed by atoms with Crippen molar-refractivity contribution in [3.05, 3.63) is 71.8 Å². The minimum absolute atomic E-state index is 0. The molecular formula is C18H14Y-2. The monoisotopic (exact) mass is 319 g/mol. The van der Waals surface area contributed by atoms with Crippen LogP contribution in [0.4, 0.5) is 0 Å². The molecule has 0 nitrogen and oxygen atoms in total. The molecule has 0 fully saturated rings. The van der Waals surface area contributed by atoms with Crippen LogP contribution in [0.25, 0.3) is 21.9 Å². The van der Waals surface area contributed by atoms with Gasteiger partial charge in [0.1, 0.15) is 0 Å². The van der Waals surface area contributed by atoms with Crippen LogP contribution in [0.5, 0.6) is 0 Å². The number of benzene rings is 3. The summed E-state index contributed by atoms with van der Waals surface area (Å²) in [6.45, 7) is 4.24. The molecule has 0 bridgehead atoms. The van der Waals surface area contributed by atoms with Crippen molar-refractivity contribution in [1.82, 2.24) is 0 Å². The van der Waals surface area contributed by atoms with E-state index in [1.807, 2.05) is 6.07 Å². The van der Waals surface area contributed by atoms with E-state index in [2.05, 4.69) is 68.4 Å². The maximum Gasteiger partial charge on any atom is 0 e. The molecule has 19 heavy (non-hydrogen) atoms. The zero-order valence-electron chi connectivity index (χ0n) is 11.2. The summed E-state index contributed by atoms with van der Waals surface area (Å²) >= 11 is 0. The third-order valence-electron chi connectivity index (χ3n) is 3.21. The first-order chi connectivity index (χ1) is 8.74. The average Bonchev–Trinajstić information content (AvgIpc) is 2.38. The number of hydrogen-bond donors (Lipinski definition) is 0. The van der Waals surface area contributed by atoms with Crippen LogP contribution in [0.1, 0.15) is 11.1 Å². The molecule has 0 aliphatic carbocycles. The van der Waals surface area contributed by atoms with Gasteiger partial charge in [0.15, 0.2) is 0 Å². The molecule has 0 unspecified atom stereocenters. The molecule has 91 valence electrons. The molecule has 0 spiro atoms. The van der Waals surface area contributed by atoms with E-state index in [0.717, 1.165) is 16.5 Å². The van der Waals surface area contributed by atoms with Gasteiger partial charge < -0.3 is 0 Å². The first-order valence-electron chi connectivity index (χ1n) is 6.14. The van der Waals surface area contributed by atoms with Crippen LogP contribution in [-0.4, -0.2) is 0 Å². The Morgan fingerprint density at radius 2 is 1.74 bits per heavy atom. The van der Waals surface area contributed by atoms with Gasteiger partial charge in [-0.25, -0.2) is 5.56 Å². The topological polar surface area (TPSA) is 0 Å². The van der Waals surface area contributed by atoms with Gasteiger partial charge in [-0.2, -0.15) is 35.4 Å². The zero-order chi connectivity index (χ0) is 12.5. The average molecular weight is 319 g/mol. The first-order valence-corrected chi connectivity index (χ1v) is 6.14. The van der Waals surface area contributed by atoms with Crippen LogP contribution >= 0.6 is 0 Å². The van der Waals surface area contributed by atoms with Gasteiger partial charge in [0, 0.05) is 32.7 Å². The second-order valence-electron chi connectivity index (χ2n) is 4.69. The Morgan fingerprint density at radius 3 is 2.53 bits per heavy atom. The third kappa shape index (κ3) is 2.96. The van der Waals surface area contributed by atoms with Gasteiger partial charge in [-0.3, -0.25) is 0 Å². The minimum Gasteiger partial charge on any atom is -0.209 e. The van der Waals surface area contributed by atoms with Gasteiger partial charge in [-0.05, 0) is 0 Å². The molecular weight excluding hydrogens is 305 g/mol. The van der Waals surface area contributed by atoms with Gasteiger partial charge in [0.2, 0.25) is 0 Å². The van der Waals surface area contributed by atoms with E-state index in [9.17, 15) is 0 Å². The van der Waals surface area contributed by atoms with E-state index in [4.69, 9.17) is 0 Å². The number of hydrogen-bond acceptors (Lipinski definition) is 0. The fourth-order valence-corrected chi connectivity index (χ4v) is 2.28. The van der Waals surface area contributed by atoms with Crippen LogP contribution in [0, 0.1) is 26.0 Å². The Morgan fingerprint density at radius 1 is 0.947 bits per heavy atom. The molecule has 0 aromatic heterocycles. The summed E-state index contributed by atoms with van der Waals surface area (Å²) in [5.41, 5.74) is 4.77. The summed E-state index contributed by atoms with van der Waals surface area (Å²) in [7, 11) is 0. The molecule has 0 amide bonds. The van der Waals surface area contributed by atoms with Gasteiger partial charge in [0.05, 0.1) is 0 Å². The predicted molar refractivity (Wildman–Crippen MR) is 76.5 cm³/mol. The molecule has 0 heterocycles. The van der Waals surface area contributed by atoms with Crippen molar-refractivity contribution in [3.63, 3.8) is 0 Å². The summed E-state index contributed by atoms with van der Waals surface area (Å²) in [4.78, 5) is 0. The molecule has 0 saturated carbocycles. The van der Waals surface area contributed by atoms with Crippen LogP contribution in [0.3, 0.4) is 0 Å². The van der Waals surface area contributed by atoms with Gasteiger partial charge in [-0.15, -0.1) is 29.1 Å². The van der Waals surface area contributed by atoms with Crippen molar-refractivity contribution in [1.29, 1.82) is 0 Å². The van der Waals surface area contributed by atoms with Crippen molar-refractivity contribution in [2.75, 3.05) is 0 Å². The van der Waals surface area contributed by atoms with E-state index >= 15 is 0 Å². The molecule has 0 atom stereocenters. The normalized spacial score (nSPS) is 10.2. The summed E-state index contributed by atoms with van der Waals surface area (Å²) in [6.07, 6.45) is 0. The van der Waals surface area contributed by atoms with E-state index in [1.165, 1.54) is 16.5 Å². The first kappa shape index (κ1) is 14.4. The Bertz CT molecular complexity index is 714. The fraction of sp³-hybridized carbons (Fsp3) is 0.111. The largest absolute Gasteiger partial charge is 0.209 e. The zero-order valence-corrected chi connectivity index (χ0v) is 14.0. The Kier molecular flexibility index (Phi) is 4.55. The van der Waals surface area contributed by atoms with Crippen molar-refractivity contribution in [2.24, 2.45) is 0 Å². The Labute approximate surface area is 139 Å². The number of rotatable bonds is 1. The Balaban J connectivity index is 0.00000133. The summed E-state index contributed by atoms with van der Waals surface area (Å²) in [5, 5.41) is 2.40. The van der Waals surface area contributed by atoms with Crippen LogP contribution in [0.2, 0.25) is 0 Å². The summed E-state index contributed by atoms with van der Waals surface area (Å²) in [6, 6.07) is 23.6. The maximum absolute atomic E-state index is 3.51. The molecule has 3 aromatic carbocycles. The molecule has 0 N–H and O–H groups in total. The van der Waals surface area contributed by atoms with Gasteiger partial charge in [-0.1, -0.05) is 37.4 Å². The number of aryl methyl sites for hydroxylation is 2. The van der Waals surface area contributed by atoms with Crippen molar-refractivity contribution < 1.29 is 32.7 Å². The maximum atomic E-state index is 3.51. The predicted octanol–water partition coefficient (Wildman–Crippen LogP) is 4.72. The van der Waals surface area contributed by atoms with Crippen molar-refractivity contribution in [3.8, 4) is 11.1 Å². The second kappa shape index (κ2) is 5.99. The molecule has 1 heteroatoms. The van der Waals surface area contributed by atoms with E-state index in [1.54, 1.807) is 0 Å². The molecule has 3 aromatic rings. The quantitative estimate of drug-likeness (QED) is 0.569. The molecule has 0 aliphatic heterocycles. The van der Waals surface area contributed by atoms with E-state index in [-0.39, 0.29) is 32.7 Å². The summed E-state index contributed by atoms with van der Waals surface area (Å²) < 4.78 is 0. The third-order valence-corrected chi connectivity index (χ3v) is 3.21. The van der Waals surface area contributed by atoms with Crippen LogP contribution in [0.15, 0.2) is 48.5 Å².